The molecule has 0 bridgehead atoms. The lowest BCUT2D eigenvalue weighted by molar-refractivity contribution is -0.149. The first kappa shape index (κ1) is 13.7. The Morgan fingerprint density at radius 1 is 1.58 bits per heavy atom. The minimum Gasteiger partial charge on any atom is -0.481 e. The molecule has 0 amide bonds. The SMILES string of the molecule is CCC(C)(Cn1nnnc1Cc1ccsc1)C(=O)O. The Labute approximate surface area is 115 Å². The molecule has 2 rings (SSSR count). The van der Waals surface area contributed by atoms with E-state index in [1.54, 1.807) is 22.9 Å². The normalized spacial score (nSPS) is 14.2. The molecule has 0 radical (unpaired) electrons. The highest BCUT2D eigenvalue weighted by Gasteiger charge is 2.33. The molecule has 7 heteroatoms. The van der Waals surface area contributed by atoms with E-state index in [-0.39, 0.29) is 6.54 Å². The lowest BCUT2D eigenvalue weighted by Crippen LogP contribution is -2.33. The maximum absolute atomic E-state index is 11.3. The van der Waals surface area contributed by atoms with E-state index in [0.29, 0.717) is 18.7 Å². The minimum atomic E-state index is -0.848. The second-order valence-electron chi connectivity index (χ2n) is 4.78. The number of aromatic nitrogens is 4. The monoisotopic (exact) mass is 280 g/mol. The first-order valence-electron chi connectivity index (χ1n) is 6.04. The highest BCUT2D eigenvalue weighted by atomic mass is 32.1. The number of hydrogen-bond donors (Lipinski definition) is 1. The molecule has 6 nitrogen and oxygen atoms in total. The van der Waals surface area contributed by atoms with Crippen LogP contribution in [0.3, 0.4) is 0 Å². The molecule has 1 atom stereocenters. The van der Waals surface area contributed by atoms with Crippen molar-refractivity contribution in [1.82, 2.24) is 20.2 Å². The molecule has 0 aromatic carbocycles. The van der Waals surface area contributed by atoms with Gasteiger partial charge in [-0.15, -0.1) is 5.10 Å². The molecule has 0 aliphatic rings. The molecular formula is C12H16N4O2S. The third kappa shape index (κ3) is 2.98. The Morgan fingerprint density at radius 2 is 2.37 bits per heavy atom. The molecule has 1 unspecified atom stereocenters. The molecule has 1 N–H and O–H groups in total. The molecule has 102 valence electrons. The summed E-state index contributed by atoms with van der Waals surface area (Å²) in [5.74, 6) is -0.133. The number of thiophene rings is 1. The van der Waals surface area contributed by atoms with E-state index in [1.807, 2.05) is 23.8 Å². The highest BCUT2D eigenvalue weighted by molar-refractivity contribution is 7.07. The highest BCUT2D eigenvalue weighted by Crippen LogP contribution is 2.24. The summed E-state index contributed by atoms with van der Waals surface area (Å²) in [5, 5.41) is 24.9. The molecule has 19 heavy (non-hydrogen) atoms. The second-order valence-corrected chi connectivity index (χ2v) is 5.56. The van der Waals surface area contributed by atoms with Crippen molar-refractivity contribution in [2.45, 2.75) is 33.2 Å². The lowest BCUT2D eigenvalue weighted by Gasteiger charge is -2.22. The summed E-state index contributed by atoms with van der Waals surface area (Å²) >= 11 is 1.62. The van der Waals surface area contributed by atoms with E-state index in [1.165, 1.54) is 0 Å². The maximum Gasteiger partial charge on any atom is 0.311 e. The van der Waals surface area contributed by atoms with Crippen LogP contribution in [0.2, 0.25) is 0 Å². The smallest absolute Gasteiger partial charge is 0.311 e. The summed E-state index contributed by atoms with van der Waals surface area (Å²) in [6, 6.07) is 2.01. The van der Waals surface area contributed by atoms with Gasteiger partial charge in [-0.2, -0.15) is 11.3 Å². The van der Waals surface area contributed by atoms with Crippen LogP contribution in [0.25, 0.3) is 0 Å². The Kier molecular flexibility index (Phi) is 3.94. The van der Waals surface area contributed by atoms with E-state index < -0.39 is 11.4 Å². The van der Waals surface area contributed by atoms with Crippen molar-refractivity contribution in [3.8, 4) is 0 Å². The van der Waals surface area contributed by atoms with Crippen LogP contribution in [0, 0.1) is 5.41 Å². The fourth-order valence-electron chi connectivity index (χ4n) is 1.71. The molecular weight excluding hydrogens is 264 g/mol. The maximum atomic E-state index is 11.3. The van der Waals surface area contributed by atoms with Crippen LogP contribution in [-0.2, 0) is 17.8 Å². The van der Waals surface area contributed by atoms with Gasteiger partial charge in [-0.25, -0.2) is 4.68 Å². The average molecular weight is 280 g/mol. The van der Waals surface area contributed by atoms with Crippen molar-refractivity contribution in [2.24, 2.45) is 5.41 Å². The molecule has 2 aromatic rings. The van der Waals surface area contributed by atoms with Gasteiger partial charge in [-0.1, -0.05) is 6.92 Å². The Morgan fingerprint density at radius 3 is 2.95 bits per heavy atom. The molecule has 0 spiro atoms. The van der Waals surface area contributed by atoms with Crippen LogP contribution in [-0.4, -0.2) is 31.3 Å². The summed E-state index contributed by atoms with van der Waals surface area (Å²) in [6.07, 6.45) is 1.15. The predicted octanol–water partition coefficient (Wildman–Crippen LogP) is 1.83. The third-order valence-corrected chi connectivity index (χ3v) is 4.08. The van der Waals surface area contributed by atoms with Crippen LogP contribution < -0.4 is 0 Å². The quantitative estimate of drug-likeness (QED) is 0.873. The van der Waals surface area contributed by atoms with Crippen molar-refractivity contribution in [2.75, 3.05) is 0 Å². The van der Waals surface area contributed by atoms with Gasteiger partial charge in [0, 0.05) is 6.42 Å². The summed E-state index contributed by atoms with van der Waals surface area (Å²) in [6.45, 7) is 3.85. The van der Waals surface area contributed by atoms with Crippen LogP contribution in [0.15, 0.2) is 16.8 Å². The van der Waals surface area contributed by atoms with Crippen LogP contribution in [0.1, 0.15) is 31.7 Å². The van der Waals surface area contributed by atoms with Gasteiger partial charge < -0.3 is 5.11 Å². The van der Waals surface area contributed by atoms with E-state index >= 15 is 0 Å². The van der Waals surface area contributed by atoms with Gasteiger partial charge in [0.25, 0.3) is 0 Å². The van der Waals surface area contributed by atoms with Gasteiger partial charge >= 0.3 is 5.97 Å². The number of carboxylic acid groups (broad SMARTS) is 1. The number of nitrogens with zero attached hydrogens (tertiary/aromatic N) is 4. The zero-order valence-corrected chi connectivity index (χ0v) is 11.7. The summed E-state index contributed by atoms with van der Waals surface area (Å²) < 4.78 is 1.59. The summed E-state index contributed by atoms with van der Waals surface area (Å²) in [5.41, 5.74) is 0.285. The first-order chi connectivity index (χ1) is 9.05. The van der Waals surface area contributed by atoms with Gasteiger partial charge in [0.2, 0.25) is 0 Å². The molecule has 0 saturated heterocycles. The Balaban J connectivity index is 2.18. The van der Waals surface area contributed by atoms with E-state index in [2.05, 4.69) is 15.5 Å². The second kappa shape index (κ2) is 5.48. The topological polar surface area (TPSA) is 80.9 Å². The standard InChI is InChI=1S/C12H16N4O2S/c1-3-12(2,11(17)18)8-16-10(13-14-15-16)6-9-4-5-19-7-9/h4-5,7H,3,6,8H2,1-2H3,(H,17,18). The third-order valence-electron chi connectivity index (χ3n) is 3.34. The molecule has 0 aliphatic heterocycles. The summed E-state index contributed by atoms with van der Waals surface area (Å²) in [4.78, 5) is 11.3. The number of carbonyl (C=O) groups is 1. The van der Waals surface area contributed by atoms with E-state index in [0.717, 1.165) is 5.56 Å². The fourth-order valence-corrected chi connectivity index (χ4v) is 2.38. The zero-order valence-electron chi connectivity index (χ0n) is 10.9. The van der Waals surface area contributed by atoms with Crippen molar-refractivity contribution in [1.29, 1.82) is 0 Å². The van der Waals surface area contributed by atoms with Crippen LogP contribution >= 0.6 is 11.3 Å². The lowest BCUT2D eigenvalue weighted by atomic mass is 9.88. The minimum absolute atomic E-state index is 0.283. The van der Waals surface area contributed by atoms with E-state index in [9.17, 15) is 9.90 Å². The van der Waals surface area contributed by atoms with Gasteiger partial charge in [0.05, 0.1) is 12.0 Å². The fraction of sp³-hybridized carbons (Fsp3) is 0.500. The largest absolute Gasteiger partial charge is 0.481 e. The molecule has 0 saturated carbocycles. The van der Waals surface area contributed by atoms with Crippen molar-refractivity contribution < 1.29 is 9.90 Å². The van der Waals surface area contributed by atoms with Crippen molar-refractivity contribution in [3.05, 3.63) is 28.2 Å². The molecule has 0 aliphatic carbocycles. The van der Waals surface area contributed by atoms with Crippen LogP contribution in [0.4, 0.5) is 0 Å². The van der Waals surface area contributed by atoms with Gasteiger partial charge in [0.1, 0.15) is 0 Å². The van der Waals surface area contributed by atoms with Crippen molar-refractivity contribution in [3.63, 3.8) is 0 Å². The number of carboxylic acids is 1. The molecule has 2 heterocycles. The predicted molar refractivity (Wildman–Crippen MR) is 71.0 cm³/mol. The van der Waals surface area contributed by atoms with Gasteiger partial charge in [-0.3, -0.25) is 4.79 Å². The first-order valence-corrected chi connectivity index (χ1v) is 6.99. The molecule has 0 fully saturated rings. The Hall–Kier alpha value is -1.76. The van der Waals surface area contributed by atoms with Gasteiger partial charge in [0.15, 0.2) is 5.82 Å². The zero-order chi connectivity index (χ0) is 13.9. The number of hydrogen-bond acceptors (Lipinski definition) is 5. The van der Waals surface area contributed by atoms with E-state index in [4.69, 9.17) is 0 Å². The Bertz CT molecular complexity index is 552. The molecule has 2 aromatic heterocycles. The van der Waals surface area contributed by atoms with Gasteiger partial charge in [-0.05, 0) is 46.2 Å². The average Bonchev–Trinajstić information content (AvgIpc) is 3.02. The van der Waals surface area contributed by atoms with Crippen molar-refractivity contribution >= 4 is 17.3 Å². The number of aliphatic carboxylic acids is 1. The summed E-state index contributed by atoms with van der Waals surface area (Å²) in [7, 11) is 0. The number of rotatable bonds is 6. The number of tetrazole rings is 1. The van der Waals surface area contributed by atoms with Crippen LogP contribution in [0.5, 0.6) is 0 Å².